The van der Waals surface area contributed by atoms with Crippen molar-refractivity contribution in [3.05, 3.63) is 117 Å². The number of rotatable bonds is 11. The molecule has 0 fully saturated rings. The summed E-state index contributed by atoms with van der Waals surface area (Å²) < 4.78 is 15.0. The lowest BCUT2D eigenvalue weighted by Gasteiger charge is -2.09. The smallest absolute Gasteiger partial charge is 0.291 e. The van der Waals surface area contributed by atoms with Crippen molar-refractivity contribution in [1.29, 1.82) is 0 Å². The van der Waals surface area contributed by atoms with E-state index in [9.17, 15) is 4.79 Å². The summed E-state index contributed by atoms with van der Waals surface area (Å²) in [4.78, 5) is 18.6. The predicted octanol–water partition coefficient (Wildman–Crippen LogP) is 6.62. The number of nitrogens with zero attached hydrogens (tertiary/aromatic N) is 5. The molecule has 0 radical (unpaired) electrons. The first kappa shape index (κ1) is 28.4. The standard InChI is InChI=1S/C33H28ClN5O3S/c1-3-5-18-42-28-16-13-23(19-27(28)34)30-24(21-38(36-30)25-9-7-6-8-10-25)20-29-32(40)39-33(43-29)35-31(37-39)22-11-14-26(15-12-22)41-17-4-2/h4,6-16,19-21H,2-3,5,17-18H2,1H3/b29-20-. The fourth-order valence-corrected chi connectivity index (χ4v) is 5.61. The molecule has 10 heteroatoms. The summed E-state index contributed by atoms with van der Waals surface area (Å²) in [6, 6.07) is 22.9. The average molecular weight is 610 g/mol. The van der Waals surface area contributed by atoms with Crippen molar-refractivity contribution in [3.63, 3.8) is 0 Å². The molecule has 216 valence electrons. The molecule has 0 spiro atoms. The van der Waals surface area contributed by atoms with Crippen LogP contribution < -0.4 is 19.6 Å². The zero-order valence-electron chi connectivity index (χ0n) is 23.4. The lowest BCUT2D eigenvalue weighted by atomic mass is 10.1. The maximum atomic E-state index is 13.4. The van der Waals surface area contributed by atoms with Gasteiger partial charge in [0.25, 0.3) is 5.56 Å². The second kappa shape index (κ2) is 12.6. The summed E-state index contributed by atoms with van der Waals surface area (Å²) in [7, 11) is 0. The SMILES string of the molecule is C=CCOc1ccc(-c2nc3s/c(=C\c4cn(-c5ccccc5)nc4-c4ccc(OCCCC)c(Cl)c4)c(=O)n3n2)cc1. The van der Waals surface area contributed by atoms with Gasteiger partial charge in [-0.3, -0.25) is 4.79 Å². The number of halogens is 1. The predicted molar refractivity (Wildman–Crippen MR) is 171 cm³/mol. The van der Waals surface area contributed by atoms with E-state index in [4.69, 9.17) is 26.2 Å². The van der Waals surface area contributed by atoms with Crippen LogP contribution in [0.1, 0.15) is 25.3 Å². The first-order chi connectivity index (χ1) is 21.0. The van der Waals surface area contributed by atoms with E-state index in [-0.39, 0.29) is 5.56 Å². The Morgan fingerprint density at radius 1 is 1.00 bits per heavy atom. The Morgan fingerprint density at radius 3 is 2.51 bits per heavy atom. The maximum absolute atomic E-state index is 13.4. The summed E-state index contributed by atoms with van der Waals surface area (Å²) in [6.45, 7) is 6.81. The van der Waals surface area contributed by atoms with Crippen molar-refractivity contribution in [2.75, 3.05) is 13.2 Å². The Bertz CT molecular complexity index is 2000. The van der Waals surface area contributed by atoms with Gasteiger partial charge >= 0.3 is 0 Å². The molecule has 3 aromatic carbocycles. The largest absolute Gasteiger partial charge is 0.492 e. The number of para-hydroxylation sites is 1. The molecule has 0 aliphatic rings. The summed E-state index contributed by atoms with van der Waals surface area (Å²) in [5.41, 5.74) is 3.69. The van der Waals surface area contributed by atoms with Gasteiger partial charge in [-0.2, -0.15) is 14.6 Å². The molecule has 6 aromatic rings. The fourth-order valence-electron chi connectivity index (χ4n) is 4.47. The Balaban J connectivity index is 1.38. The fraction of sp³-hybridized carbons (Fsp3) is 0.152. The van der Waals surface area contributed by atoms with Crippen LogP contribution in [0.3, 0.4) is 0 Å². The quantitative estimate of drug-likeness (QED) is 0.121. The van der Waals surface area contributed by atoms with E-state index in [1.807, 2.05) is 85.1 Å². The summed E-state index contributed by atoms with van der Waals surface area (Å²) in [6.07, 6.45) is 7.41. The van der Waals surface area contributed by atoms with Crippen LogP contribution in [-0.2, 0) is 0 Å². The molecule has 3 heterocycles. The van der Waals surface area contributed by atoms with Crippen LogP contribution in [-0.4, -0.2) is 37.6 Å². The minimum absolute atomic E-state index is 0.249. The lowest BCUT2D eigenvalue weighted by Crippen LogP contribution is -2.23. The van der Waals surface area contributed by atoms with Crippen molar-refractivity contribution in [3.8, 4) is 39.8 Å². The number of fused-ring (bicyclic) bond motifs is 1. The van der Waals surface area contributed by atoms with Gasteiger partial charge in [0, 0.05) is 22.9 Å². The van der Waals surface area contributed by atoms with Crippen LogP contribution in [0.4, 0.5) is 0 Å². The van der Waals surface area contributed by atoms with E-state index in [0.717, 1.165) is 41.0 Å². The molecule has 0 amide bonds. The molecule has 8 nitrogen and oxygen atoms in total. The Kier molecular flexibility index (Phi) is 8.35. The van der Waals surface area contributed by atoms with Gasteiger partial charge in [-0.1, -0.05) is 67.1 Å². The van der Waals surface area contributed by atoms with Gasteiger partial charge in [-0.15, -0.1) is 5.10 Å². The molecule has 0 aliphatic carbocycles. The average Bonchev–Trinajstić information content (AvgIpc) is 3.72. The van der Waals surface area contributed by atoms with E-state index in [0.29, 0.717) is 45.0 Å². The molecule has 0 saturated carbocycles. The van der Waals surface area contributed by atoms with Crippen molar-refractivity contribution in [2.45, 2.75) is 19.8 Å². The van der Waals surface area contributed by atoms with Crippen LogP contribution in [0.25, 0.3) is 39.4 Å². The van der Waals surface area contributed by atoms with Crippen molar-refractivity contribution >= 4 is 34.0 Å². The van der Waals surface area contributed by atoms with Crippen molar-refractivity contribution in [1.82, 2.24) is 24.4 Å². The van der Waals surface area contributed by atoms with E-state index < -0.39 is 0 Å². The third kappa shape index (κ3) is 6.09. The zero-order chi connectivity index (χ0) is 29.8. The first-order valence-corrected chi connectivity index (χ1v) is 15.1. The summed E-state index contributed by atoms with van der Waals surface area (Å²) >= 11 is 7.88. The highest BCUT2D eigenvalue weighted by molar-refractivity contribution is 7.15. The summed E-state index contributed by atoms with van der Waals surface area (Å²) in [5.74, 6) is 1.82. The van der Waals surface area contributed by atoms with Gasteiger partial charge in [0.1, 0.15) is 23.8 Å². The monoisotopic (exact) mass is 609 g/mol. The van der Waals surface area contributed by atoms with E-state index >= 15 is 0 Å². The molecule has 0 atom stereocenters. The van der Waals surface area contributed by atoms with Crippen LogP contribution in [0.5, 0.6) is 11.5 Å². The highest BCUT2D eigenvalue weighted by atomic mass is 35.5. The first-order valence-electron chi connectivity index (χ1n) is 13.9. The zero-order valence-corrected chi connectivity index (χ0v) is 25.0. The molecule has 6 rings (SSSR count). The van der Waals surface area contributed by atoms with Gasteiger partial charge in [-0.25, -0.2) is 4.68 Å². The molecular formula is C33H28ClN5O3S. The number of thiazole rings is 1. The highest BCUT2D eigenvalue weighted by Gasteiger charge is 2.16. The van der Waals surface area contributed by atoms with Gasteiger partial charge in [0.2, 0.25) is 4.96 Å². The molecule has 43 heavy (non-hydrogen) atoms. The van der Waals surface area contributed by atoms with Gasteiger partial charge in [0.15, 0.2) is 5.82 Å². The Morgan fingerprint density at radius 2 is 1.79 bits per heavy atom. The topological polar surface area (TPSA) is 83.5 Å². The number of aromatic nitrogens is 5. The highest BCUT2D eigenvalue weighted by Crippen LogP contribution is 2.32. The Hall–Kier alpha value is -4.73. The molecule has 0 bridgehead atoms. The minimum atomic E-state index is -0.249. The number of hydrogen-bond donors (Lipinski definition) is 0. The third-order valence-corrected chi connectivity index (χ3v) is 7.93. The van der Waals surface area contributed by atoms with Crippen molar-refractivity contribution < 1.29 is 9.47 Å². The van der Waals surface area contributed by atoms with E-state index in [1.165, 1.54) is 15.9 Å². The normalized spacial score (nSPS) is 11.7. The lowest BCUT2D eigenvalue weighted by molar-refractivity contribution is 0.309. The van der Waals surface area contributed by atoms with Gasteiger partial charge in [-0.05, 0) is 67.1 Å². The molecule has 0 saturated heterocycles. The maximum Gasteiger partial charge on any atom is 0.291 e. The minimum Gasteiger partial charge on any atom is -0.492 e. The van der Waals surface area contributed by atoms with E-state index in [1.54, 1.807) is 10.8 Å². The molecule has 0 aliphatic heterocycles. The summed E-state index contributed by atoms with van der Waals surface area (Å²) in [5, 5.41) is 9.88. The molecule has 0 unspecified atom stereocenters. The number of hydrogen-bond acceptors (Lipinski definition) is 7. The van der Waals surface area contributed by atoms with Crippen LogP contribution in [0, 0.1) is 0 Å². The molecule has 3 aromatic heterocycles. The number of benzene rings is 3. The third-order valence-electron chi connectivity index (χ3n) is 6.67. The molecule has 0 N–H and O–H groups in total. The second-order valence-corrected chi connectivity index (χ2v) is 11.1. The van der Waals surface area contributed by atoms with Crippen LogP contribution >= 0.6 is 22.9 Å². The van der Waals surface area contributed by atoms with Crippen LogP contribution in [0.15, 0.2) is 96.4 Å². The van der Waals surface area contributed by atoms with Gasteiger partial charge in [0.05, 0.1) is 21.8 Å². The number of unbranched alkanes of at least 4 members (excludes halogenated alkanes) is 1. The van der Waals surface area contributed by atoms with Gasteiger partial charge < -0.3 is 9.47 Å². The second-order valence-electron chi connectivity index (χ2n) is 9.73. The Labute approximate surface area is 257 Å². The van der Waals surface area contributed by atoms with Crippen molar-refractivity contribution in [2.24, 2.45) is 0 Å². The van der Waals surface area contributed by atoms with Crippen LogP contribution in [0.2, 0.25) is 5.02 Å². The van der Waals surface area contributed by atoms with E-state index in [2.05, 4.69) is 23.6 Å². The number of ether oxygens (including phenoxy) is 2. The molecular weight excluding hydrogens is 582 g/mol.